The molecule has 13 heteroatoms. The lowest BCUT2D eigenvalue weighted by atomic mass is 9.97. The number of nitrogens with zero attached hydrogens (tertiary/aromatic N) is 3. The van der Waals surface area contributed by atoms with Gasteiger partial charge in [0.15, 0.2) is 0 Å². The monoisotopic (exact) mass is 539 g/mol. The third kappa shape index (κ3) is 5.71. The third-order valence-electron chi connectivity index (χ3n) is 6.04. The SMILES string of the molecule is COC(=O)C1CCN(C(=O)CN(c2cc(Cl)ccc2OC)S(=O)(=O)c2ccc(C)c([N+](=O)[O-])c2)CC1. The number of carbonyl (C=O) groups is 2. The van der Waals surface area contributed by atoms with Crippen LogP contribution in [0.3, 0.4) is 0 Å². The van der Waals surface area contributed by atoms with Crippen LogP contribution < -0.4 is 9.04 Å². The predicted octanol–water partition coefficient (Wildman–Crippen LogP) is 3.17. The van der Waals surface area contributed by atoms with Crippen LogP contribution in [0.2, 0.25) is 5.02 Å². The largest absolute Gasteiger partial charge is 0.495 e. The maximum atomic E-state index is 13.8. The van der Waals surface area contributed by atoms with Crippen molar-refractivity contribution in [2.45, 2.75) is 24.7 Å². The second kappa shape index (κ2) is 11.1. The molecule has 1 aliphatic heterocycles. The zero-order valence-electron chi connectivity index (χ0n) is 20.0. The lowest BCUT2D eigenvalue weighted by Crippen LogP contribution is -2.46. The van der Waals surface area contributed by atoms with Crippen molar-refractivity contribution < 1.29 is 32.4 Å². The van der Waals surface area contributed by atoms with Gasteiger partial charge in [0.1, 0.15) is 12.3 Å². The van der Waals surface area contributed by atoms with Gasteiger partial charge >= 0.3 is 5.97 Å². The number of methoxy groups -OCH3 is 2. The number of aryl methyl sites for hydroxylation is 1. The molecule has 194 valence electrons. The van der Waals surface area contributed by atoms with E-state index in [0.717, 1.165) is 10.4 Å². The zero-order valence-corrected chi connectivity index (χ0v) is 21.5. The summed E-state index contributed by atoms with van der Waals surface area (Å²) in [6, 6.07) is 7.85. The Bertz CT molecular complexity index is 1280. The first-order valence-corrected chi connectivity index (χ1v) is 12.8. The number of hydrogen-bond donors (Lipinski definition) is 0. The van der Waals surface area contributed by atoms with Crippen LogP contribution in [0.25, 0.3) is 0 Å². The first kappa shape index (κ1) is 27.2. The molecule has 0 radical (unpaired) electrons. The highest BCUT2D eigenvalue weighted by molar-refractivity contribution is 7.92. The van der Waals surface area contributed by atoms with Crippen LogP contribution in [-0.2, 0) is 24.3 Å². The van der Waals surface area contributed by atoms with E-state index in [1.165, 1.54) is 56.4 Å². The number of benzene rings is 2. The van der Waals surface area contributed by atoms with E-state index < -0.39 is 27.4 Å². The lowest BCUT2D eigenvalue weighted by molar-refractivity contribution is -0.385. The van der Waals surface area contributed by atoms with E-state index in [1.807, 2.05) is 0 Å². The van der Waals surface area contributed by atoms with Gasteiger partial charge in [-0.15, -0.1) is 0 Å². The van der Waals surface area contributed by atoms with Crippen LogP contribution in [0.4, 0.5) is 11.4 Å². The van der Waals surface area contributed by atoms with Gasteiger partial charge in [0.05, 0.1) is 35.6 Å². The molecule has 0 bridgehead atoms. The maximum Gasteiger partial charge on any atom is 0.308 e. The van der Waals surface area contributed by atoms with Crippen LogP contribution in [0, 0.1) is 23.0 Å². The van der Waals surface area contributed by atoms with E-state index in [9.17, 15) is 28.1 Å². The molecular formula is C23H26ClN3O8S. The van der Waals surface area contributed by atoms with Crippen molar-refractivity contribution in [1.29, 1.82) is 0 Å². The molecule has 0 spiro atoms. The number of carbonyl (C=O) groups excluding carboxylic acids is 2. The summed E-state index contributed by atoms with van der Waals surface area (Å²) in [5, 5.41) is 11.6. The van der Waals surface area contributed by atoms with Gasteiger partial charge in [-0.2, -0.15) is 0 Å². The summed E-state index contributed by atoms with van der Waals surface area (Å²) in [5.74, 6) is -1.05. The first-order chi connectivity index (χ1) is 17.0. The fourth-order valence-electron chi connectivity index (χ4n) is 3.99. The molecule has 0 aliphatic carbocycles. The molecular weight excluding hydrogens is 514 g/mol. The molecule has 0 unspecified atom stereocenters. The van der Waals surface area contributed by atoms with Crippen molar-refractivity contribution in [3.05, 3.63) is 57.1 Å². The number of halogens is 1. The Labute approximate surface area is 213 Å². The predicted molar refractivity (Wildman–Crippen MR) is 132 cm³/mol. The summed E-state index contributed by atoms with van der Waals surface area (Å²) in [5.41, 5.74) is -0.0771. The minimum absolute atomic E-state index is 0.00558. The highest BCUT2D eigenvalue weighted by Crippen LogP contribution is 2.36. The first-order valence-electron chi connectivity index (χ1n) is 11.0. The quantitative estimate of drug-likeness (QED) is 0.283. The van der Waals surface area contributed by atoms with E-state index in [4.69, 9.17) is 21.1 Å². The molecule has 0 saturated carbocycles. The number of rotatable bonds is 8. The van der Waals surface area contributed by atoms with Crippen LogP contribution >= 0.6 is 11.6 Å². The molecule has 36 heavy (non-hydrogen) atoms. The van der Waals surface area contributed by atoms with Crippen molar-refractivity contribution >= 4 is 44.9 Å². The molecule has 2 aromatic carbocycles. The van der Waals surface area contributed by atoms with Crippen molar-refractivity contribution in [3.63, 3.8) is 0 Å². The Balaban J connectivity index is 2.01. The lowest BCUT2D eigenvalue weighted by Gasteiger charge is -2.33. The topological polar surface area (TPSA) is 136 Å². The standard InChI is InChI=1S/C23H26ClN3O8S/c1-15-4-6-18(13-19(15)27(30)31)36(32,33)26(20-12-17(24)5-7-21(20)34-2)14-22(28)25-10-8-16(9-11-25)23(29)35-3/h4-7,12-13,16H,8-11,14H2,1-3H3. The Morgan fingerprint density at radius 1 is 1.17 bits per heavy atom. The minimum atomic E-state index is -4.47. The number of ether oxygens (including phenoxy) is 2. The number of amides is 1. The number of sulfonamides is 1. The molecule has 1 amide bonds. The van der Waals surface area contributed by atoms with E-state index in [2.05, 4.69) is 0 Å². The average Bonchev–Trinajstić information content (AvgIpc) is 2.86. The van der Waals surface area contributed by atoms with Gasteiger partial charge in [0, 0.05) is 29.7 Å². The van der Waals surface area contributed by atoms with Gasteiger partial charge in [0.2, 0.25) is 5.91 Å². The number of piperidine rings is 1. The highest BCUT2D eigenvalue weighted by atomic mass is 35.5. The molecule has 11 nitrogen and oxygen atoms in total. The maximum absolute atomic E-state index is 13.8. The highest BCUT2D eigenvalue weighted by Gasteiger charge is 2.34. The Morgan fingerprint density at radius 2 is 1.83 bits per heavy atom. The van der Waals surface area contributed by atoms with Gasteiger partial charge in [-0.25, -0.2) is 8.42 Å². The Hall–Kier alpha value is -3.38. The van der Waals surface area contributed by atoms with Gasteiger partial charge in [-0.1, -0.05) is 17.7 Å². The van der Waals surface area contributed by atoms with E-state index >= 15 is 0 Å². The minimum Gasteiger partial charge on any atom is -0.495 e. The van der Waals surface area contributed by atoms with Crippen molar-refractivity contribution in [2.24, 2.45) is 5.92 Å². The van der Waals surface area contributed by atoms with Crippen LogP contribution in [-0.4, -0.2) is 64.0 Å². The van der Waals surface area contributed by atoms with Crippen LogP contribution in [0.5, 0.6) is 5.75 Å². The second-order valence-electron chi connectivity index (χ2n) is 8.21. The fourth-order valence-corrected chi connectivity index (χ4v) is 5.59. The fraction of sp³-hybridized carbons (Fsp3) is 0.391. The second-order valence-corrected chi connectivity index (χ2v) is 10.5. The van der Waals surface area contributed by atoms with Gasteiger partial charge in [-0.05, 0) is 44.0 Å². The molecule has 1 fully saturated rings. The normalized spacial score (nSPS) is 14.3. The molecule has 3 rings (SSSR count). The zero-order chi connectivity index (χ0) is 26.6. The van der Waals surface area contributed by atoms with Crippen molar-refractivity contribution in [1.82, 2.24) is 4.90 Å². The van der Waals surface area contributed by atoms with E-state index in [0.29, 0.717) is 12.8 Å². The summed E-state index contributed by atoms with van der Waals surface area (Å²) in [6.45, 7) is 1.38. The summed E-state index contributed by atoms with van der Waals surface area (Å²) >= 11 is 6.14. The number of nitro groups is 1. The summed E-state index contributed by atoms with van der Waals surface area (Å²) in [7, 11) is -1.83. The molecule has 2 aromatic rings. The number of hydrogen-bond acceptors (Lipinski definition) is 8. The number of nitro benzene ring substituents is 1. The molecule has 0 N–H and O–H groups in total. The number of anilines is 1. The average molecular weight is 540 g/mol. The van der Waals surface area contributed by atoms with Crippen molar-refractivity contribution in [2.75, 3.05) is 38.2 Å². The molecule has 0 aromatic heterocycles. The summed E-state index contributed by atoms with van der Waals surface area (Å²) in [4.78, 5) is 36.9. The van der Waals surface area contributed by atoms with Gasteiger partial charge < -0.3 is 14.4 Å². The van der Waals surface area contributed by atoms with E-state index in [-0.39, 0.29) is 57.6 Å². The number of likely N-dealkylation sites (tertiary alicyclic amines) is 1. The summed E-state index contributed by atoms with van der Waals surface area (Å²) < 4.78 is 38.5. The van der Waals surface area contributed by atoms with Gasteiger partial charge in [-0.3, -0.25) is 24.0 Å². The third-order valence-corrected chi connectivity index (χ3v) is 8.03. The van der Waals surface area contributed by atoms with Crippen LogP contribution in [0.1, 0.15) is 18.4 Å². The molecule has 1 heterocycles. The number of esters is 1. The Morgan fingerprint density at radius 3 is 2.42 bits per heavy atom. The van der Waals surface area contributed by atoms with Gasteiger partial charge in [0.25, 0.3) is 15.7 Å². The smallest absolute Gasteiger partial charge is 0.308 e. The molecule has 0 atom stereocenters. The van der Waals surface area contributed by atoms with Crippen LogP contribution in [0.15, 0.2) is 41.3 Å². The molecule has 1 aliphatic rings. The van der Waals surface area contributed by atoms with E-state index in [1.54, 1.807) is 0 Å². The van der Waals surface area contributed by atoms with Crippen molar-refractivity contribution in [3.8, 4) is 5.75 Å². The Kier molecular flexibility index (Phi) is 8.41. The molecule has 1 saturated heterocycles. The summed E-state index contributed by atoms with van der Waals surface area (Å²) in [6.07, 6.45) is 0.769.